The van der Waals surface area contributed by atoms with Crippen LogP contribution in [0.15, 0.2) is 0 Å². The largest absolute Gasteiger partial charge is 0.423 e. The molecule has 13 heteroatoms. The van der Waals surface area contributed by atoms with E-state index in [1.165, 1.54) is 0 Å². The third kappa shape index (κ3) is 34.0. The molecule has 0 saturated carbocycles. The fourth-order valence-corrected chi connectivity index (χ4v) is 0. The molecule has 0 fully saturated rings. The van der Waals surface area contributed by atoms with Gasteiger partial charge in [0.1, 0.15) is 0 Å². The number of hydrogen-bond donors (Lipinski definition) is 5. The van der Waals surface area contributed by atoms with Gasteiger partial charge in [-0.25, -0.2) is 10.5 Å². The minimum absolute atomic E-state index is 0. The topological polar surface area (TPSA) is 203 Å². The van der Waals surface area contributed by atoms with Gasteiger partial charge >= 0.3 is 20.8 Å². The van der Waals surface area contributed by atoms with Gasteiger partial charge in [-0.05, 0) is 0 Å². The van der Waals surface area contributed by atoms with Gasteiger partial charge in [-0.2, -0.15) is 16.8 Å². The fourth-order valence-electron chi connectivity index (χ4n) is 0. The van der Waals surface area contributed by atoms with E-state index < -0.39 is 20.8 Å². The maximum absolute atomic E-state index is 9.08. The van der Waals surface area contributed by atoms with Crippen LogP contribution < -0.4 is 6.15 Å². The maximum Gasteiger partial charge on any atom is 0.423 e. The molecule has 0 amide bonds. The van der Waals surface area contributed by atoms with Crippen LogP contribution in [0.5, 0.6) is 0 Å². The van der Waals surface area contributed by atoms with Gasteiger partial charge in [0.05, 0.1) is 0 Å². The van der Waals surface area contributed by atoms with E-state index in [-0.39, 0.29) is 6.15 Å². The molecule has 13 heavy (non-hydrogen) atoms. The Labute approximate surface area is 72.9 Å². The van der Waals surface area contributed by atoms with E-state index in [1.807, 2.05) is 0 Å². The van der Waals surface area contributed by atoms with E-state index in [4.69, 9.17) is 36.5 Å². The summed E-state index contributed by atoms with van der Waals surface area (Å²) in [4.78, 5) is 0. The monoisotopic (exact) mass is 245 g/mol. The van der Waals surface area contributed by atoms with Crippen LogP contribution in [-0.4, -0.2) is 36.5 Å². The molecule has 0 aliphatic rings. The molecule has 0 aromatic rings. The second-order valence-electron chi connectivity index (χ2n) is 1.00. The summed E-state index contributed by atoms with van der Waals surface area (Å²) >= 11 is 0. The van der Waals surface area contributed by atoms with Crippen molar-refractivity contribution in [2.24, 2.45) is 0 Å². The zero-order valence-corrected chi connectivity index (χ0v) is 7.39. The predicted octanol–water partition coefficient (Wildman–Crippen LogP) is -1.28. The minimum atomic E-state index is -4.61. The molecule has 0 atom stereocenters. The first-order chi connectivity index (χ1) is 5.12. The predicted molar refractivity (Wildman–Crippen MR) is 35.5 cm³/mol. The number of hydrogen-bond acceptors (Lipinski definition) is 9. The summed E-state index contributed by atoms with van der Waals surface area (Å²) in [5, 5.41) is 14.1. The van der Waals surface area contributed by atoms with Crippen molar-refractivity contribution in [3.05, 3.63) is 0 Å². The summed E-state index contributed by atoms with van der Waals surface area (Å²) in [6, 6.07) is 0. The lowest BCUT2D eigenvalue weighted by Crippen LogP contribution is -1.97. The lowest BCUT2D eigenvalue weighted by molar-refractivity contribution is -0.139. The lowest BCUT2D eigenvalue weighted by Gasteiger charge is -1.79. The van der Waals surface area contributed by atoms with Gasteiger partial charge in [0, 0.05) is 0 Å². The molecule has 0 aromatic heterocycles. The van der Waals surface area contributed by atoms with Crippen molar-refractivity contribution in [2.75, 3.05) is 0 Å². The average Bonchev–Trinajstić information content (AvgIpc) is 1.86. The van der Waals surface area contributed by atoms with Crippen LogP contribution in [0.3, 0.4) is 0 Å². The molecule has 7 N–H and O–H groups in total. The van der Waals surface area contributed by atoms with Crippen LogP contribution >= 0.6 is 0 Å². The van der Waals surface area contributed by atoms with E-state index in [0.29, 0.717) is 0 Å². The van der Waals surface area contributed by atoms with Crippen molar-refractivity contribution >= 4 is 20.8 Å². The van der Waals surface area contributed by atoms with Gasteiger partial charge in [0.2, 0.25) is 0 Å². The second-order valence-corrected chi connectivity index (χ2v) is 3.01. The SMILES string of the molecule is N.O=S(=O)(O)OO.O=S(=O)(O)OO. The summed E-state index contributed by atoms with van der Waals surface area (Å²) in [6.45, 7) is 0. The van der Waals surface area contributed by atoms with Crippen LogP contribution in [-0.2, 0) is 29.5 Å². The van der Waals surface area contributed by atoms with Gasteiger partial charge < -0.3 is 6.15 Å². The molecule has 0 radical (unpaired) electrons. The van der Waals surface area contributed by atoms with Crippen LogP contribution in [0.25, 0.3) is 0 Å². The van der Waals surface area contributed by atoms with Crippen molar-refractivity contribution in [2.45, 2.75) is 0 Å². The molecule has 0 aromatic carbocycles. The Morgan fingerprint density at radius 3 is 0.846 bits per heavy atom. The van der Waals surface area contributed by atoms with Crippen LogP contribution in [0, 0.1) is 0 Å². The molecule has 0 saturated heterocycles. The van der Waals surface area contributed by atoms with Crippen molar-refractivity contribution < 1.29 is 45.1 Å². The first-order valence-electron chi connectivity index (χ1n) is 1.73. The first-order valence-corrected chi connectivity index (χ1v) is 4.46. The molecular formula is H7NO10S2. The summed E-state index contributed by atoms with van der Waals surface area (Å²) in [5.41, 5.74) is 0. The first kappa shape index (κ1) is 18.4. The third-order valence-electron chi connectivity index (χ3n) is 0.188. The standard InChI is InChI=1S/H3N.2H2O5S/c;2*1-5-6(2,3)4/h1H3;2*1H,(H,2,3,4). The zero-order chi connectivity index (χ0) is 10.4. The highest BCUT2D eigenvalue weighted by molar-refractivity contribution is 7.81. The Kier molecular flexibility index (Phi) is 10.0. The molecule has 0 rings (SSSR count). The molecule has 0 heterocycles. The summed E-state index contributed by atoms with van der Waals surface area (Å²) in [6.07, 6.45) is 0. The zero-order valence-electron chi connectivity index (χ0n) is 5.76. The summed E-state index contributed by atoms with van der Waals surface area (Å²) in [5.74, 6) is 0. The van der Waals surface area contributed by atoms with E-state index in [2.05, 4.69) is 8.67 Å². The van der Waals surface area contributed by atoms with E-state index >= 15 is 0 Å². The van der Waals surface area contributed by atoms with Gasteiger partial charge in [-0.3, -0.25) is 9.11 Å². The highest BCUT2D eigenvalue weighted by Crippen LogP contribution is 1.74. The normalized spacial score (nSPS) is 10.8. The minimum Gasteiger partial charge on any atom is -0.344 e. The van der Waals surface area contributed by atoms with Gasteiger partial charge in [-0.1, -0.05) is 8.67 Å². The summed E-state index contributed by atoms with van der Waals surface area (Å²) < 4.78 is 55.9. The van der Waals surface area contributed by atoms with Crippen molar-refractivity contribution in [3.8, 4) is 0 Å². The van der Waals surface area contributed by atoms with Gasteiger partial charge in [0.15, 0.2) is 0 Å². The molecule has 11 nitrogen and oxygen atoms in total. The molecule has 0 aliphatic carbocycles. The Morgan fingerprint density at radius 2 is 0.846 bits per heavy atom. The fraction of sp³-hybridized carbons (Fsp3) is 0. The molecule has 0 spiro atoms. The van der Waals surface area contributed by atoms with Crippen LogP contribution in [0.4, 0.5) is 0 Å². The smallest absolute Gasteiger partial charge is 0.344 e. The molecule has 0 bridgehead atoms. The maximum atomic E-state index is 9.08. The molecule has 0 unspecified atom stereocenters. The van der Waals surface area contributed by atoms with Crippen LogP contribution in [0.2, 0.25) is 0 Å². The average molecular weight is 245 g/mol. The summed E-state index contributed by atoms with van der Waals surface area (Å²) in [7, 11) is -9.21. The Morgan fingerprint density at radius 1 is 0.769 bits per heavy atom. The third-order valence-corrected chi connectivity index (χ3v) is 0.565. The Hall–Kier alpha value is -0.380. The lowest BCUT2D eigenvalue weighted by atomic mass is 14.0. The second kappa shape index (κ2) is 7.06. The van der Waals surface area contributed by atoms with E-state index in [0.717, 1.165) is 0 Å². The Balaban J connectivity index is -0.000000143. The van der Waals surface area contributed by atoms with E-state index in [9.17, 15) is 0 Å². The van der Waals surface area contributed by atoms with Gasteiger partial charge in [-0.15, -0.1) is 0 Å². The van der Waals surface area contributed by atoms with Crippen molar-refractivity contribution in [1.82, 2.24) is 6.15 Å². The van der Waals surface area contributed by atoms with Gasteiger partial charge in [0.25, 0.3) is 0 Å². The van der Waals surface area contributed by atoms with Crippen molar-refractivity contribution in [3.63, 3.8) is 0 Å². The molecule has 0 aliphatic heterocycles. The van der Waals surface area contributed by atoms with Crippen molar-refractivity contribution in [1.29, 1.82) is 0 Å². The highest BCUT2D eigenvalue weighted by Gasteiger charge is 1.97. The molecular weight excluding hydrogens is 238 g/mol. The highest BCUT2D eigenvalue weighted by atomic mass is 32.3. The van der Waals surface area contributed by atoms with E-state index in [1.54, 1.807) is 0 Å². The quantitative estimate of drug-likeness (QED) is 0.220. The molecule has 84 valence electrons. The number of rotatable bonds is 2. The Bertz CT molecular complexity index is 249. The van der Waals surface area contributed by atoms with Crippen LogP contribution in [0.1, 0.15) is 0 Å².